The SMILES string of the molecule is CCCC(CS)(CCC)CN(C)CCC#N. The van der Waals surface area contributed by atoms with Gasteiger partial charge in [0.05, 0.1) is 6.07 Å². The van der Waals surface area contributed by atoms with E-state index in [1.54, 1.807) is 0 Å². The highest BCUT2D eigenvalue weighted by molar-refractivity contribution is 7.80. The molecule has 0 aromatic heterocycles. The van der Waals surface area contributed by atoms with E-state index in [1.165, 1.54) is 25.7 Å². The normalized spacial score (nSPS) is 11.8. The van der Waals surface area contributed by atoms with Crippen molar-refractivity contribution in [3.8, 4) is 6.07 Å². The first kappa shape index (κ1) is 15.8. The summed E-state index contributed by atoms with van der Waals surface area (Å²) in [5, 5.41) is 8.59. The highest BCUT2D eigenvalue weighted by Gasteiger charge is 2.27. The molecular weight excluding hydrogens is 216 g/mol. The fourth-order valence-corrected chi connectivity index (χ4v) is 2.86. The molecule has 0 atom stereocenters. The van der Waals surface area contributed by atoms with E-state index in [0.29, 0.717) is 11.8 Å². The molecule has 0 rings (SSSR count). The van der Waals surface area contributed by atoms with Gasteiger partial charge in [0.2, 0.25) is 0 Å². The van der Waals surface area contributed by atoms with Crippen LogP contribution < -0.4 is 0 Å². The summed E-state index contributed by atoms with van der Waals surface area (Å²) in [6, 6.07) is 2.21. The van der Waals surface area contributed by atoms with E-state index >= 15 is 0 Å². The van der Waals surface area contributed by atoms with Crippen LogP contribution in [0.1, 0.15) is 46.0 Å². The highest BCUT2D eigenvalue weighted by atomic mass is 32.1. The zero-order chi connectivity index (χ0) is 12.4. The average Bonchev–Trinajstić information content (AvgIpc) is 2.27. The van der Waals surface area contributed by atoms with Crippen molar-refractivity contribution in [3.05, 3.63) is 0 Å². The van der Waals surface area contributed by atoms with Crippen molar-refractivity contribution in [1.29, 1.82) is 5.26 Å². The Morgan fingerprint density at radius 1 is 1.25 bits per heavy atom. The van der Waals surface area contributed by atoms with Gasteiger partial charge in [-0.2, -0.15) is 17.9 Å². The van der Waals surface area contributed by atoms with Gasteiger partial charge >= 0.3 is 0 Å². The molecule has 0 aliphatic heterocycles. The van der Waals surface area contributed by atoms with Crippen molar-refractivity contribution < 1.29 is 0 Å². The molecule has 0 unspecified atom stereocenters. The smallest absolute Gasteiger partial charge is 0.0635 e. The Morgan fingerprint density at radius 3 is 2.19 bits per heavy atom. The summed E-state index contributed by atoms with van der Waals surface area (Å²) in [5.41, 5.74) is 0.344. The van der Waals surface area contributed by atoms with Crippen molar-refractivity contribution in [3.63, 3.8) is 0 Å². The predicted octanol–water partition coefficient (Wildman–Crippen LogP) is 3.35. The molecule has 0 aliphatic carbocycles. The van der Waals surface area contributed by atoms with Gasteiger partial charge in [0.15, 0.2) is 0 Å². The highest BCUT2D eigenvalue weighted by Crippen LogP contribution is 2.32. The van der Waals surface area contributed by atoms with Gasteiger partial charge in [0.1, 0.15) is 0 Å². The van der Waals surface area contributed by atoms with E-state index in [2.05, 4.69) is 44.5 Å². The average molecular weight is 242 g/mol. The molecule has 94 valence electrons. The van der Waals surface area contributed by atoms with Crippen LogP contribution in [0.5, 0.6) is 0 Å². The fourth-order valence-electron chi connectivity index (χ4n) is 2.44. The molecule has 2 nitrogen and oxygen atoms in total. The number of rotatable bonds is 9. The second kappa shape index (κ2) is 8.90. The van der Waals surface area contributed by atoms with Crippen LogP contribution in [0.4, 0.5) is 0 Å². The zero-order valence-corrected chi connectivity index (χ0v) is 11.9. The van der Waals surface area contributed by atoms with Crippen LogP contribution in [-0.4, -0.2) is 30.8 Å². The molecule has 16 heavy (non-hydrogen) atoms. The van der Waals surface area contributed by atoms with Crippen LogP contribution in [-0.2, 0) is 0 Å². The van der Waals surface area contributed by atoms with E-state index in [4.69, 9.17) is 5.26 Å². The second-order valence-corrected chi connectivity index (χ2v) is 5.12. The molecule has 0 aromatic carbocycles. The van der Waals surface area contributed by atoms with Crippen LogP contribution in [0.15, 0.2) is 0 Å². The number of hydrogen-bond acceptors (Lipinski definition) is 3. The van der Waals surface area contributed by atoms with Crippen molar-refractivity contribution in [1.82, 2.24) is 4.90 Å². The summed E-state index contributed by atoms with van der Waals surface area (Å²) in [4.78, 5) is 2.28. The van der Waals surface area contributed by atoms with Crippen LogP contribution in [0.3, 0.4) is 0 Å². The summed E-state index contributed by atoms with van der Waals surface area (Å²) in [6.07, 6.45) is 5.53. The molecule has 0 N–H and O–H groups in total. The second-order valence-electron chi connectivity index (χ2n) is 4.80. The third-order valence-corrected chi connectivity index (χ3v) is 3.78. The molecule has 0 aromatic rings. The van der Waals surface area contributed by atoms with Crippen LogP contribution in [0, 0.1) is 16.7 Å². The van der Waals surface area contributed by atoms with Crippen molar-refractivity contribution >= 4 is 12.6 Å². The van der Waals surface area contributed by atoms with Crippen LogP contribution in [0.2, 0.25) is 0 Å². The van der Waals surface area contributed by atoms with Gasteiger partial charge in [-0.25, -0.2) is 0 Å². The first-order chi connectivity index (χ1) is 7.64. The molecule has 0 saturated carbocycles. The number of nitriles is 1. The Bertz CT molecular complexity index is 204. The van der Waals surface area contributed by atoms with Crippen LogP contribution >= 0.6 is 12.6 Å². The quantitative estimate of drug-likeness (QED) is 0.628. The minimum absolute atomic E-state index is 0.344. The largest absolute Gasteiger partial charge is 0.305 e. The van der Waals surface area contributed by atoms with Gasteiger partial charge in [0.25, 0.3) is 0 Å². The standard InChI is InChI=1S/C13H26N2S/c1-4-7-13(12-16,8-5-2)11-15(3)10-6-9-14/h16H,4-8,10-12H2,1-3H3. The van der Waals surface area contributed by atoms with Crippen molar-refractivity contribution in [2.75, 3.05) is 25.9 Å². The maximum absolute atomic E-state index is 8.59. The lowest BCUT2D eigenvalue weighted by Crippen LogP contribution is -2.37. The Balaban J connectivity index is 4.33. The van der Waals surface area contributed by atoms with E-state index in [-0.39, 0.29) is 0 Å². The minimum Gasteiger partial charge on any atom is -0.305 e. The maximum atomic E-state index is 8.59. The number of nitrogens with zero attached hydrogens (tertiary/aromatic N) is 2. The van der Waals surface area contributed by atoms with E-state index in [9.17, 15) is 0 Å². The summed E-state index contributed by atoms with van der Waals surface area (Å²) in [7, 11) is 2.11. The molecule has 0 bridgehead atoms. The third kappa shape index (κ3) is 5.77. The summed E-state index contributed by atoms with van der Waals surface area (Å²) in [6.45, 7) is 6.42. The molecule has 0 fully saturated rings. The van der Waals surface area contributed by atoms with E-state index in [0.717, 1.165) is 18.8 Å². The number of thiol groups is 1. The summed E-state index contributed by atoms with van der Waals surface area (Å²) < 4.78 is 0. The Morgan fingerprint density at radius 2 is 1.81 bits per heavy atom. The van der Waals surface area contributed by atoms with Gasteiger partial charge in [0, 0.05) is 19.5 Å². The monoisotopic (exact) mass is 242 g/mol. The van der Waals surface area contributed by atoms with Gasteiger partial charge < -0.3 is 4.90 Å². The lowest BCUT2D eigenvalue weighted by molar-refractivity contribution is 0.172. The predicted molar refractivity (Wildman–Crippen MR) is 73.8 cm³/mol. The van der Waals surface area contributed by atoms with Crippen LogP contribution in [0.25, 0.3) is 0 Å². The molecule has 0 saturated heterocycles. The van der Waals surface area contributed by atoms with Gasteiger partial charge in [-0.1, -0.05) is 26.7 Å². The Labute approximate surface area is 106 Å². The fraction of sp³-hybridized carbons (Fsp3) is 0.923. The summed E-state index contributed by atoms with van der Waals surface area (Å²) >= 11 is 4.54. The van der Waals surface area contributed by atoms with Gasteiger partial charge in [-0.15, -0.1) is 0 Å². The molecule has 0 heterocycles. The van der Waals surface area contributed by atoms with E-state index < -0.39 is 0 Å². The number of hydrogen-bond donors (Lipinski definition) is 1. The molecule has 3 heteroatoms. The molecule has 0 aliphatic rings. The van der Waals surface area contributed by atoms with Gasteiger partial charge in [-0.05, 0) is 31.1 Å². The Kier molecular flexibility index (Phi) is 8.78. The zero-order valence-electron chi connectivity index (χ0n) is 11.0. The third-order valence-electron chi connectivity index (χ3n) is 3.11. The van der Waals surface area contributed by atoms with Crippen molar-refractivity contribution in [2.24, 2.45) is 5.41 Å². The molecule has 0 radical (unpaired) electrons. The first-order valence-electron chi connectivity index (χ1n) is 6.30. The van der Waals surface area contributed by atoms with E-state index in [1.807, 2.05) is 0 Å². The van der Waals surface area contributed by atoms with Gasteiger partial charge in [-0.3, -0.25) is 0 Å². The maximum Gasteiger partial charge on any atom is 0.0635 e. The topological polar surface area (TPSA) is 27.0 Å². The minimum atomic E-state index is 0.344. The first-order valence-corrected chi connectivity index (χ1v) is 6.93. The molecule has 0 amide bonds. The lowest BCUT2D eigenvalue weighted by atomic mass is 9.80. The summed E-state index contributed by atoms with van der Waals surface area (Å²) in [5.74, 6) is 0.950. The molecular formula is C13H26N2S. The van der Waals surface area contributed by atoms with Crippen molar-refractivity contribution in [2.45, 2.75) is 46.0 Å². The Hall–Kier alpha value is -0.200. The lowest BCUT2D eigenvalue weighted by Gasteiger charge is -2.36. The molecule has 0 spiro atoms.